The molecular formula is C8H13F3. The first-order valence-electron chi connectivity index (χ1n) is 3.63. The molecule has 0 saturated heterocycles. The van der Waals surface area contributed by atoms with E-state index in [-0.39, 0.29) is 12.0 Å². The number of rotatable bonds is 2. The van der Waals surface area contributed by atoms with Gasteiger partial charge in [-0.05, 0) is 20.3 Å². The second-order valence-electron chi connectivity index (χ2n) is 2.73. The molecule has 0 radical (unpaired) electrons. The van der Waals surface area contributed by atoms with Gasteiger partial charge in [0.25, 0.3) is 0 Å². The van der Waals surface area contributed by atoms with Gasteiger partial charge >= 0.3 is 6.18 Å². The average Bonchev–Trinajstić information content (AvgIpc) is 1.79. The molecule has 0 aliphatic rings. The van der Waals surface area contributed by atoms with Gasteiger partial charge in [-0.1, -0.05) is 18.9 Å². The van der Waals surface area contributed by atoms with Crippen molar-refractivity contribution in [2.24, 2.45) is 0 Å². The zero-order valence-corrected chi connectivity index (χ0v) is 7.05. The van der Waals surface area contributed by atoms with E-state index in [1.165, 1.54) is 13.8 Å². The van der Waals surface area contributed by atoms with E-state index in [2.05, 4.69) is 0 Å². The van der Waals surface area contributed by atoms with Gasteiger partial charge in [0.15, 0.2) is 0 Å². The highest BCUT2D eigenvalue weighted by Gasteiger charge is 2.33. The molecule has 0 aromatic carbocycles. The lowest BCUT2D eigenvalue weighted by atomic mass is 10.1. The Morgan fingerprint density at radius 2 is 1.64 bits per heavy atom. The van der Waals surface area contributed by atoms with Crippen LogP contribution in [0.15, 0.2) is 11.1 Å². The zero-order valence-electron chi connectivity index (χ0n) is 7.05. The smallest absolute Gasteiger partial charge is 0.166 e. The Bertz CT molecular complexity index is 149. The second-order valence-corrected chi connectivity index (χ2v) is 2.73. The third-order valence-corrected chi connectivity index (χ3v) is 1.45. The van der Waals surface area contributed by atoms with Crippen LogP contribution in [-0.2, 0) is 0 Å². The van der Waals surface area contributed by atoms with Gasteiger partial charge in [0.1, 0.15) is 0 Å². The third-order valence-electron chi connectivity index (χ3n) is 1.45. The Morgan fingerprint density at radius 1 is 1.18 bits per heavy atom. The van der Waals surface area contributed by atoms with Crippen LogP contribution in [0.2, 0.25) is 0 Å². The van der Waals surface area contributed by atoms with E-state index in [1.54, 1.807) is 6.92 Å². The van der Waals surface area contributed by atoms with Crippen molar-refractivity contribution in [2.75, 3.05) is 0 Å². The van der Waals surface area contributed by atoms with Gasteiger partial charge in [0, 0.05) is 5.57 Å². The van der Waals surface area contributed by atoms with E-state index in [4.69, 9.17) is 0 Å². The first-order chi connectivity index (χ1) is 4.89. The first-order valence-corrected chi connectivity index (χ1v) is 3.63. The Kier molecular flexibility index (Phi) is 3.63. The van der Waals surface area contributed by atoms with Gasteiger partial charge in [0.05, 0.1) is 0 Å². The highest BCUT2D eigenvalue weighted by Crippen LogP contribution is 2.31. The fourth-order valence-electron chi connectivity index (χ4n) is 0.925. The summed E-state index contributed by atoms with van der Waals surface area (Å²) < 4.78 is 36.3. The summed E-state index contributed by atoms with van der Waals surface area (Å²) in [6, 6.07) is 0. The summed E-state index contributed by atoms with van der Waals surface area (Å²) in [5.74, 6) is 0. The molecule has 66 valence electrons. The maximum atomic E-state index is 12.1. The summed E-state index contributed by atoms with van der Waals surface area (Å²) in [5, 5.41) is 0. The van der Waals surface area contributed by atoms with Gasteiger partial charge < -0.3 is 0 Å². The van der Waals surface area contributed by atoms with Crippen molar-refractivity contribution in [3.63, 3.8) is 0 Å². The van der Waals surface area contributed by atoms with Gasteiger partial charge in [-0.2, -0.15) is 13.2 Å². The molecule has 0 atom stereocenters. The van der Waals surface area contributed by atoms with E-state index < -0.39 is 6.18 Å². The SMILES string of the molecule is CCCC(=C(C)C)C(F)(F)F. The van der Waals surface area contributed by atoms with Gasteiger partial charge in [-0.25, -0.2) is 0 Å². The van der Waals surface area contributed by atoms with E-state index in [1.807, 2.05) is 0 Å². The Balaban J connectivity index is 4.50. The minimum Gasteiger partial charge on any atom is -0.166 e. The van der Waals surface area contributed by atoms with Crippen LogP contribution in [0, 0.1) is 0 Å². The van der Waals surface area contributed by atoms with E-state index in [9.17, 15) is 13.2 Å². The monoisotopic (exact) mass is 166 g/mol. The average molecular weight is 166 g/mol. The molecule has 0 aliphatic heterocycles. The summed E-state index contributed by atoms with van der Waals surface area (Å²) in [7, 11) is 0. The van der Waals surface area contributed by atoms with Crippen LogP contribution in [-0.4, -0.2) is 6.18 Å². The summed E-state index contributed by atoms with van der Waals surface area (Å²) in [6.07, 6.45) is -3.46. The van der Waals surface area contributed by atoms with Gasteiger partial charge in [-0.15, -0.1) is 0 Å². The number of halogens is 3. The third kappa shape index (κ3) is 3.44. The van der Waals surface area contributed by atoms with Crippen LogP contribution in [0.5, 0.6) is 0 Å². The molecule has 0 aromatic rings. The van der Waals surface area contributed by atoms with Crippen molar-refractivity contribution >= 4 is 0 Å². The van der Waals surface area contributed by atoms with E-state index in [0.717, 1.165) is 0 Å². The molecule has 0 aliphatic carbocycles. The highest BCUT2D eigenvalue weighted by molar-refractivity contribution is 5.15. The first kappa shape index (κ1) is 10.5. The minimum absolute atomic E-state index is 0.131. The number of allylic oxidation sites excluding steroid dienone is 2. The summed E-state index contributed by atoms with van der Waals surface area (Å²) in [4.78, 5) is 0. The molecule has 3 heteroatoms. The molecule has 0 unspecified atom stereocenters. The lowest BCUT2D eigenvalue weighted by molar-refractivity contribution is -0.0948. The van der Waals surface area contributed by atoms with Crippen molar-refractivity contribution in [3.8, 4) is 0 Å². The predicted molar refractivity (Wildman–Crippen MR) is 39.3 cm³/mol. The van der Waals surface area contributed by atoms with Crippen LogP contribution in [0.1, 0.15) is 33.6 Å². The zero-order chi connectivity index (χ0) is 9.07. The fraction of sp³-hybridized carbons (Fsp3) is 0.750. The molecule has 0 amide bonds. The lowest BCUT2D eigenvalue weighted by Crippen LogP contribution is -2.13. The Morgan fingerprint density at radius 3 is 1.73 bits per heavy atom. The van der Waals surface area contributed by atoms with Crippen LogP contribution >= 0.6 is 0 Å². The van der Waals surface area contributed by atoms with E-state index >= 15 is 0 Å². The quantitative estimate of drug-likeness (QED) is 0.549. The van der Waals surface area contributed by atoms with Crippen molar-refractivity contribution in [3.05, 3.63) is 11.1 Å². The molecule has 11 heavy (non-hydrogen) atoms. The fourth-order valence-corrected chi connectivity index (χ4v) is 0.925. The molecule has 0 saturated carbocycles. The predicted octanol–water partition coefficient (Wildman–Crippen LogP) is 3.69. The van der Waals surface area contributed by atoms with Gasteiger partial charge in [0.2, 0.25) is 0 Å². The van der Waals surface area contributed by atoms with Crippen molar-refractivity contribution < 1.29 is 13.2 Å². The number of hydrogen-bond donors (Lipinski definition) is 0. The summed E-state index contributed by atoms with van der Waals surface area (Å²) in [6.45, 7) is 4.74. The largest absolute Gasteiger partial charge is 0.412 e. The Labute approximate surface area is 65.1 Å². The lowest BCUT2D eigenvalue weighted by Gasteiger charge is -2.12. The molecule has 0 N–H and O–H groups in total. The van der Waals surface area contributed by atoms with Crippen molar-refractivity contribution in [1.82, 2.24) is 0 Å². The van der Waals surface area contributed by atoms with Crippen LogP contribution < -0.4 is 0 Å². The molecule has 0 heterocycles. The van der Waals surface area contributed by atoms with E-state index in [0.29, 0.717) is 12.0 Å². The van der Waals surface area contributed by atoms with Crippen molar-refractivity contribution in [2.45, 2.75) is 39.8 Å². The maximum absolute atomic E-state index is 12.1. The summed E-state index contributed by atoms with van der Waals surface area (Å²) >= 11 is 0. The number of hydrogen-bond acceptors (Lipinski definition) is 0. The normalized spacial score (nSPS) is 11.5. The number of alkyl halides is 3. The molecule has 0 spiro atoms. The summed E-state index contributed by atoms with van der Waals surface area (Å²) in [5.41, 5.74) is -0.000602. The molecule has 0 nitrogen and oxygen atoms in total. The maximum Gasteiger partial charge on any atom is 0.412 e. The standard InChI is InChI=1S/C8H13F3/c1-4-5-7(6(2)3)8(9,10)11/h4-5H2,1-3H3. The molecule has 0 aromatic heterocycles. The van der Waals surface area contributed by atoms with Crippen LogP contribution in [0.4, 0.5) is 13.2 Å². The van der Waals surface area contributed by atoms with Crippen LogP contribution in [0.25, 0.3) is 0 Å². The molecule has 0 fully saturated rings. The second kappa shape index (κ2) is 3.79. The highest BCUT2D eigenvalue weighted by atomic mass is 19.4. The minimum atomic E-state index is -4.13. The van der Waals surface area contributed by atoms with Crippen LogP contribution in [0.3, 0.4) is 0 Å². The topological polar surface area (TPSA) is 0 Å². The molecular weight excluding hydrogens is 153 g/mol. The Hall–Kier alpha value is -0.470. The van der Waals surface area contributed by atoms with Gasteiger partial charge in [-0.3, -0.25) is 0 Å². The molecule has 0 rings (SSSR count). The molecule has 0 bridgehead atoms. The van der Waals surface area contributed by atoms with Crippen molar-refractivity contribution in [1.29, 1.82) is 0 Å².